The molecular weight excluding hydrogens is 220 g/mol. The lowest BCUT2D eigenvalue weighted by Crippen LogP contribution is -2.02. The molecule has 1 aliphatic rings. The SMILES string of the molecule is CCCCCC1CC[C@H](c2ccc(C[O-])cc2)C1. The summed E-state index contributed by atoms with van der Waals surface area (Å²) in [5, 5.41) is 10.8. The zero-order chi connectivity index (χ0) is 12.8. The maximum absolute atomic E-state index is 10.8. The highest BCUT2D eigenvalue weighted by atomic mass is 16.3. The molecule has 18 heavy (non-hydrogen) atoms. The molecule has 100 valence electrons. The van der Waals surface area contributed by atoms with Crippen molar-refractivity contribution in [3.05, 3.63) is 35.4 Å². The maximum Gasteiger partial charge on any atom is -0.0159 e. The molecule has 0 heterocycles. The first-order valence-electron chi connectivity index (χ1n) is 7.50. The Morgan fingerprint density at radius 2 is 1.89 bits per heavy atom. The van der Waals surface area contributed by atoms with Gasteiger partial charge in [-0.25, -0.2) is 0 Å². The van der Waals surface area contributed by atoms with Crippen molar-refractivity contribution in [1.29, 1.82) is 0 Å². The van der Waals surface area contributed by atoms with Gasteiger partial charge in [-0.1, -0.05) is 62.4 Å². The van der Waals surface area contributed by atoms with E-state index >= 15 is 0 Å². The number of unbranched alkanes of at least 4 members (excludes halogenated alkanes) is 2. The first-order chi connectivity index (χ1) is 8.83. The maximum atomic E-state index is 10.8. The summed E-state index contributed by atoms with van der Waals surface area (Å²) in [6.07, 6.45) is 9.64. The highest BCUT2D eigenvalue weighted by molar-refractivity contribution is 5.25. The topological polar surface area (TPSA) is 23.1 Å². The molecular formula is C17H25O-. The van der Waals surface area contributed by atoms with Gasteiger partial charge >= 0.3 is 0 Å². The van der Waals surface area contributed by atoms with Crippen molar-refractivity contribution in [2.75, 3.05) is 0 Å². The van der Waals surface area contributed by atoms with E-state index in [-0.39, 0.29) is 6.61 Å². The van der Waals surface area contributed by atoms with E-state index in [4.69, 9.17) is 0 Å². The van der Waals surface area contributed by atoms with Gasteiger partial charge in [0.25, 0.3) is 0 Å². The molecule has 1 saturated carbocycles. The van der Waals surface area contributed by atoms with Crippen LogP contribution < -0.4 is 5.11 Å². The molecule has 1 unspecified atom stereocenters. The van der Waals surface area contributed by atoms with Gasteiger partial charge in [0.05, 0.1) is 0 Å². The monoisotopic (exact) mass is 245 g/mol. The smallest absolute Gasteiger partial charge is 0.0159 e. The highest BCUT2D eigenvalue weighted by Gasteiger charge is 2.25. The largest absolute Gasteiger partial charge is 0.851 e. The van der Waals surface area contributed by atoms with Crippen molar-refractivity contribution < 1.29 is 5.11 Å². The summed E-state index contributed by atoms with van der Waals surface area (Å²) in [6.45, 7) is 2.18. The molecule has 0 saturated heterocycles. The number of benzene rings is 1. The van der Waals surface area contributed by atoms with Gasteiger partial charge in [0.15, 0.2) is 0 Å². The van der Waals surface area contributed by atoms with Gasteiger partial charge in [0, 0.05) is 0 Å². The quantitative estimate of drug-likeness (QED) is 0.694. The van der Waals surface area contributed by atoms with E-state index in [0.29, 0.717) is 0 Å². The molecule has 1 nitrogen and oxygen atoms in total. The van der Waals surface area contributed by atoms with E-state index < -0.39 is 0 Å². The molecule has 1 heteroatoms. The third-order valence-corrected chi connectivity index (χ3v) is 4.37. The molecule has 0 amide bonds. The molecule has 0 bridgehead atoms. The summed E-state index contributed by atoms with van der Waals surface area (Å²) in [6, 6.07) is 8.36. The summed E-state index contributed by atoms with van der Waals surface area (Å²) >= 11 is 0. The second-order valence-electron chi connectivity index (χ2n) is 5.76. The summed E-state index contributed by atoms with van der Waals surface area (Å²) in [4.78, 5) is 0. The molecule has 1 aromatic rings. The van der Waals surface area contributed by atoms with E-state index in [0.717, 1.165) is 17.4 Å². The van der Waals surface area contributed by atoms with Gasteiger partial charge in [-0.3, -0.25) is 0 Å². The molecule has 0 aliphatic heterocycles. The van der Waals surface area contributed by atoms with Crippen molar-refractivity contribution in [2.45, 2.75) is 64.4 Å². The molecule has 1 aliphatic carbocycles. The van der Waals surface area contributed by atoms with Crippen LogP contribution in [-0.4, -0.2) is 0 Å². The molecule has 0 aromatic heterocycles. The normalized spacial score (nSPS) is 23.4. The molecule has 2 atom stereocenters. The zero-order valence-electron chi connectivity index (χ0n) is 11.5. The van der Waals surface area contributed by atoms with Crippen LogP contribution in [0.3, 0.4) is 0 Å². The van der Waals surface area contributed by atoms with E-state index in [1.54, 1.807) is 0 Å². The second-order valence-corrected chi connectivity index (χ2v) is 5.76. The zero-order valence-corrected chi connectivity index (χ0v) is 11.5. The Labute approximate surface area is 111 Å². The van der Waals surface area contributed by atoms with Crippen molar-refractivity contribution in [2.24, 2.45) is 5.92 Å². The van der Waals surface area contributed by atoms with Gasteiger partial charge in [-0.05, 0) is 36.7 Å². The molecule has 0 N–H and O–H groups in total. The van der Waals surface area contributed by atoms with Gasteiger partial charge < -0.3 is 5.11 Å². The Morgan fingerprint density at radius 1 is 1.11 bits per heavy atom. The lowest BCUT2D eigenvalue weighted by atomic mass is 9.94. The van der Waals surface area contributed by atoms with Crippen LogP contribution in [0.4, 0.5) is 0 Å². The van der Waals surface area contributed by atoms with Crippen LogP contribution in [0.1, 0.15) is 68.9 Å². The lowest BCUT2D eigenvalue weighted by molar-refractivity contribution is -0.386. The summed E-state index contributed by atoms with van der Waals surface area (Å²) < 4.78 is 0. The Morgan fingerprint density at radius 3 is 2.56 bits per heavy atom. The van der Waals surface area contributed by atoms with Crippen molar-refractivity contribution in [3.8, 4) is 0 Å². The van der Waals surface area contributed by atoms with E-state index in [1.165, 1.54) is 50.5 Å². The van der Waals surface area contributed by atoms with Crippen LogP contribution in [0.5, 0.6) is 0 Å². The Hall–Kier alpha value is -0.820. The number of hydrogen-bond acceptors (Lipinski definition) is 1. The minimum Gasteiger partial charge on any atom is -0.851 e. The molecule has 0 radical (unpaired) electrons. The molecule has 1 aromatic carbocycles. The highest BCUT2D eigenvalue weighted by Crippen LogP contribution is 2.40. The van der Waals surface area contributed by atoms with Gasteiger partial charge in [-0.15, -0.1) is 6.61 Å². The van der Waals surface area contributed by atoms with Crippen LogP contribution >= 0.6 is 0 Å². The summed E-state index contributed by atoms with van der Waals surface area (Å²) in [5.74, 6) is 1.69. The Balaban J connectivity index is 1.83. The van der Waals surface area contributed by atoms with Gasteiger partial charge in [-0.2, -0.15) is 0 Å². The molecule has 2 rings (SSSR count). The third-order valence-electron chi connectivity index (χ3n) is 4.37. The van der Waals surface area contributed by atoms with Crippen LogP contribution in [0, 0.1) is 5.92 Å². The van der Waals surface area contributed by atoms with Crippen molar-refractivity contribution in [3.63, 3.8) is 0 Å². The number of hydrogen-bond donors (Lipinski definition) is 0. The average molecular weight is 245 g/mol. The van der Waals surface area contributed by atoms with E-state index in [1.807, 2.05) is 12.1 Å². The fourth-order valence-electron chi connectivity index (χ4n) is 3.21. The standard InChI is InChI=1S/C17H25O/c1-2-3-4-5-14-6-11-17(12-14)16-9-7-15(13-18)8-10-16/h7-10,14,17H,2-6,11-13H2,1H3/q-1/t14?,17-/m0/s1. The average Bonchev–Trinajstić information content (AvgIpc) is 2.88. The Kier molecular flexibility index (Phi) is 5.25. The van der Waals surface area contributed by atoms with Crippen LogP contribution in [0.2, 0.25) is 0 Å². The molecule has 1 fully saturated rings. The summed E-state index contributed by atoms with van der Waals surface area (Å²) in [7, 11) is 0. The molecule has 0 spiro atoms. The predicted octanol–water partition coefficient (Wildman–Crippen LogP) is 4.01. The van der Waals surface area contributed by atoms with E-state index in [9.17, 15) is 5.11 Å². The lowest BCUT2D eigenvalue weighted by Gasteiger charge is -2.13. The predicted molar refractivity (Wildman–Crippen MR) is 74.4 cm³/mol. The Bertz CT molecular complexity index is 341. The second kappa shape index (κ2) is 6.94. The van der Waals surface area contributed by atoms with Gasteiger partial charge in [0.2, 0.25) is 0 Å². The fraction of sp³-hybridized carbons (Fsp3) is 0.647. The van der Waals surface area contributed by atoms with Crippen molar-refractivity contribution >= 4 is 0 Å². The van der Waals surface area contributed by atoms with Crippen LogP contribution in [-0.2, 0) is 6.61 Å². The van der Waals surface area contributed by atoms with E-state index in [2.05, 4.69) is 19.1 Å². The van der Waals surface area contributed by atoms with Crippen LogP contribution in [0.15, 0.2) is 24.3 Å². The fourth-order valence-corrected chi connectivity index (χ4v) is 3.21. The first-order valence-corrected chi connectivity index (χ1v) is 7.50. The number of rotatable bonds is 6. The minimum absolute atomic E-state index is 0.0927. The van der Waals surface area contributed by atoms with Gasteiger partial charge in [0.1, 0.15) is 0 Å². The third kappa shape index (κ3) is 3.58. The van der Waals surface area contributed by atoms with Crippen LogP contribution in [0.25, 0.3) is 0 Å². The van der Waals surface area contributed by atoms with Crippen molar-refractivity contribution in [1.82, 2.24) is 0 Å². The minimum atomic E-state index is -0.0927. The summed E-state index contributed by atoms with van der Waals surface area (Å²) in [5.41, 5.74) is 2.36. The first kappa shape index (κ1) is 13.6.